The topological polar surface area (TPSA) is 71.0 Å². The molecule has 0 aliphatic carbocycles. The van der Waals surface area contributed by atoms with E-state index in [1.165, 1.54) is 6.20 Å². The van der Waals surface area contributed by atoms with Gasteiger partial charge < -0.3 is 10.2 Å². The minimum atomic E-state index is -0.252. The van der Waals surface area contributed by atoms with E-state index in [1.807, 2.05) is 61.3 Å². The van der Waals surface area contributed by atoms with Gasteiger partial charge in [0.05, 0.1) is 11.9 Å². The third-order valence-corrected chi connectivity index (χ3v) is 3.76. The van der Waals surface area contributed by atoms with E-state index >= 15 is 0 Å². The number of aryl methyl sites for hydroxylation is 1. The number of benzene rings is 1. The zero-order valence-corrected chi connectivity index (χ0v) is 14.2. The van der Waals surface area contributed by atoms with Crippen LogP contribution >= 0.6 is 0 Å². The largest absolute Gasteiger partial charge is 0.347 e. The van der Waals surface area contributed by atoms with E-state index in [0.717, 1.165) is 22.8 Å². The first-order chi connectivity index (χ1) is 12.1. The SMILES string of the molecule is Cc1cnc(C(=O)NCc2ccc(N(C)c3ccccc3)nc2)cn1. The molecule has 3 aromatic rings. The summed E-state index contributed by atoms with van der Waals surface area (Å²) >= 11 is 0. The second kappa shape index (κ2) is 7.53. The number of hydrogen-bond donors (Lipinski definition) is 1. The monoisotopic (exact) mass is 333 g/mol. The van der Waals surface area contributed by atoms with Gasteiger partial charge in [-0.2, -0.15) is 0 Å². The molecule has 0 bridgehead atoms. The maximum Gasteiger partial charge on any atom is 0.271 e. The fourth-order valence-electron chi connectivity index (χ4n) is 2.29. The predicted octanol–water partition coefficient (Wildman–Crippen LogP) is 2.88. The van der Waals surface area contributed by atoms with E-state index in [-0.39, 0.29) is 5.91 Å². The standard InChI is InChI=1S/C19H19N5O/c1-14-10-21-17(13-20-14)19(25)23-12-15-8-9-18(22-11-15)24(2)16-6-4-3-5-7-16/h3-11,13H,12H2,1-2H3,(H,23,25). The van der Waals surface area contributed by atoms with E-state index in [1.54, 1.807) is 12.4 Å². The molecule has 25 heavy (non-hydrogen) atoms. The van der Waals surface area contributed by atoms with Gasteiger partial charge in [-0.25, -0.2) is 9.97 Å². The van der Waals surface area contributed by atoms with Crippen LogP contribution in [-0.4, -0.2) is 27.9 Å². The van der Waals surface area contributed by atoms with Crippen molar-refractivity contribution in [1.82, 2.24) is 20.3 Å². The number of pyridine rings is 1. The van der Waals surface area contributed by atoms with Crippen molar-refractivity contribution in [2.75, 3.05) is 11.9 Å². The summed E-state index contributed by atoms with van der Waals surface area (Å²) in [6.45, 7) is 2.21. The predicted molar refractivity (Wildman–Crippen MR) is 96.7 cm³/mol. The lowest BCUT2D eigenvalue weighted by Crippen LogP contribution is -2.24. The summed E-state index contributed by atoms with van der Waals surface area (Å²) in [6, 6.07) is 13.9. The zero-order valence-electron chi connectivity index (χ0n) is 14.2. The number of anilines is 2. The molecule has 1 aromatic carbocycles. The maximum absolute atomic E-state index is 12.0. The average Bonchev–Trinajstić information content (AvgIpc) is 2.67. The van der Waals surface area contributed by atoms with Crippen LogP contribution in [0.4, 0.5) is 11.5 Å². The third kappa shape index (κ3) is 4.17. The van der Waals surface area contributed by atoms with Crippen LogP contribution in [0.3, 0.4) is 0 Å². The van der Waals surface area contributed by atoms with Gasteiger partial charge in [0.25, 0.3) is 5.91 Å². The molecule has 2 heterocycles. The van der Waals surface area contributed by atoms with Gasteiger partial charge in [-0.3, -0.25) is 9.78 Å². The molecule has 6 nitrogen and oxygen atoms in total. The van der Waals surface area contributed by atoms with Crippen LogP contribution in [0.15, 0.2) is 61.1 Å². The maximum atomic E-state index is 12.0. The number of carbonyl (C=O) groups excluding carboxylic acids is 1. The second-order valence-electron chi connectivity index (χ2n) is 5.64. The van der Waals surface area contributed by atoms with Gasteiger partial charge in [-0.05, 0) is 30.7 Å². The Kier molecular flexibility index (Phi) is 4.99. The molecule has 6 heteroatoms. The number of carbonyl (C=O) groups is 1. The van der Waals surface area contributed by atoms with Crippen molar-refractivity contribution in [1.29, 1.82) is 0 Å². The van der Waals surface area contributed by atoms with Crippen LogP contribution in [0.2, 0.25) is 0 Å². The van der Waals surface area contributed by atoms with Gasteiger partial charge in [0, 0.05) is 31.7 Å². The molecule has 3 rings (SSSR count). The number of hydrogen-bond acceptors (Lipinski definition) is 5. The molecule has 0 saturated heterocycles. The molecule has 126 valence electrons. The number of rotatable bonds is 5. The number of para-hydroxylation sites is 1. The Hall–Kier alpha value is -3.28. The fourth-order valence-corrected chi connectivity index (χ4v) is 2.29. The number of nitrogens with zero attached hydrogens (tertiary/aromatic N) is 4. The van der Waals surface area contributed by atoms with Crippen LogP contribution in [0.5, 0.6) is 0 Å². The van der Waals surface area contributed by atoms with Gasteiger partial charge in [0.1, 0.15) is 11.5 Å². The van der Waals surface area contributed by atoms with Gasteiger partial charge in [-0.15, -0.1) is 0 Å². The highest BCUT2D eigenvalue weighted by Gasteiger charge is 2.08. The number of nitrogens with one attached hydrogen (secondary N) is 1. The summed E-state index contributed by atoms with van der Waals surface area (Å²) in [5, 5.41) is 2.82. The van der Waals surface area contributed by atoms with Crippen LogP contribution < -0.4 is 10.2 Å². The third-order valence-electron chi connectivity index (χ3n) is 3.76. The molecule has 0 atom stereocenters. The van der Waals surface area contributed by atoms with Crippen LogP contribution in [-0.2, 0) is 6.54 Å². The lowest BCUT2D eigenvalue weighted by molar-refractivity contribution is 0.0945. The minimum Gasteiger partial charge on any atom is -0.347 e. The van der Waals surface area contributed by atoms with E-state index < -0.39 is 0 Å². The summed E-state index contributed by atoms with van der Waals surface area (Å²) in [4.78, 5) is 26.7. The molecule has 0 aliphatic heterocycles. The average molecular weight is 333 g/mol. The molecule has 0 spiro atoms. The van der Waals surface area contributed by atoms with E-state index in [4.69, 9.17) is 0 Å². The van der Waals surface area contributed by atoms with Crippen LogP contribution in [0.1, 0.15) is 21.7 Å². The highest BCUT2D eigenvalue weighted by atomic mass is 16.1. The van der Waals surface area contributed by atoms with Crippen molar-refractivity contribution in [2.45, 2.75) is 13.5 Å². The van der Waals surface area contributed by atoms with Crippen molar-refractivity contribution < 1.29 is 4.79 Å². The first-order valence-electron chi connectivity index (χ1n) is 7.94. The van der Waals surface area contributed by atoms with Crippen molar-refractivity contribution in [3.63, 3.8) is 0 Å². The number of aromatic nitrogens is 3. The molecule has 2 aromatic heterocycles. The van der Waals surface area contributed by atoms with Gasteiger partial charge >= 0.3 is 0 Å². The molecule has 1 amide bonds. The van der Waals surface area contributed by atoms with Gasteiger partial charge in [0.2, 0.25) is 0 Å². The molecule has 0 saturated carbocycles. The normalized spacial score (nSPS) is 10.3. The molecule has 0 fully saturated rings. The van der Waals surface area contributed by atoms with Crippen molar-refractivity contribution >= 4 is 17.4 Å². The van der Waals surface area contributed by atoms with Crippen LogP contribution in [0.25, 0.3) is 0 Å². The van der Waals surface area contributed by atoms with E-state index in [9.17, 15) is 4.79 Å². The first-order valence-corrected chi connectivity index (χ1v) is 7.94. The Morgan fingerprint density at radius 1 is 1.00 bits per heavy atom. The van der Waals surface area contributed by atoms with Crippen molar-refractivity contribution in [3.8, 4) is 0 Å². The Bertz CT molecular complexity index is 832. The Labute approximate surface area is 146 Å². The summed E-state index contributed by atoms with van der Waals surface area (Å²) in [7, 11) is 1.97. The van der Waals surface area contributed by atoms with E-state index in [0.29, 0.717) is 12.2 Å². The quantitative estimate of drug-likeness (QED) is 0.777. The second-order valence-corrected chi connectivity index (χ2v) is 5.64. The van der Waals surface area contributed by atoms with E-state index in [2.05, 4.69) is 20.3 Å². The summed E-state index contributed by atoms with van der Waals surface area (Å²) in [5.74, 6) is 0.587. The summed E-state index contributed by atoms with van der Waals surface area (Å²) in [6.07, 6.45) is 4.81. The Morgan fingerprint density at radius 3 is 2.44 bits per heavy atom. The lowest BCUT2D eigenvalue weighted by atomic mass is 10.2. The Balaban J connectivity index is 1.61. The smallest absolute Gasteiger partial charge is 0.271 e. The minimum absolute atomic E-state index is 0.252. The molecular formula is C19H19N5O. The molecule has 0 aliphatic rings. The van der Waals surface area contributed by atoms with Crippen molar-refractivity contribution in [3.05, 3.63) is 78.0 Å². The molecule has 0 radical (unpaired) electrons. The Morgan fingerprint density at radius 2 is 1.80 bits per heavy atom. The van der Waals surface area contributed by atoms with Gasteiger partial charge in [0.15, 0.2) is 0 Å². The highest BCUT2D eigenvalue weighted by Crippen LogP contribution is 2.20. The summed E-state index contributed by atoms with van der Waals surface area (Å²) < 4.78 is 0. The molecule has 0 unspecified atom stereocenters. The zero-order chi connectivity index (χ0) is 17.6. The fraction of sp³-hybridized carbons (Fsp3) is 0.158. The molecule has 1 N–H and O–H groups in total. The van der Waals surface area contributed by atoms with Crippen LogP contribution in [0, 0.1) is 6.92 Å². The number of amides is 1. The highest BCUT2D eigenvalue weighted by molar-refractivity contribution is 5.91. The van der Waals surface area contributed by atoms with Crippen molar-refractivity contribution in [2.24, 2.45) is 0 Å². The molecular weight excluding hydrogens is 314 g/mol. The van der Waals surface area contributed by atoms with Gasteiger partial charge in [-0.1, -0.05) is 24.3 Å². The first kappa shape index (κ1) is 16.6. The lowest BCUT2D eigenvalue weighted by Gasteiger charge is -2.18. The summed E-state index contributed by atoms with van der Waals surface area (Å²) in [5.41, 5.74) is 3.06.